The SMILES string of the molecule is Cc1ccc(Oc2cccc(C(=N)N)c2)c(NC(=O)c2ccc(-c3ccccc3S(N)(=O)=O)cc2)c1. The van der Waals surface area contributed by atoms with E-state index in [9.17, 15) is 13.2 Å². The molecule has 8 nitrogen and oxygen atoms in total. The van der Waals surface area contributed by atoms with Crippen LogP contribution in [0, 0.1) is 12.3 Å². The number of hydrogen-bond acceptors (Lipinski definition) is 5. The van der Waals surface area contributed by atoms with Gasteiger partial charge in [0.2, 0.25) is 10.0 Å². The van der Waals surface area contributed by atoms with E-state index in [0.717, 1.165) is 5.56 Å². The molecule has 0 atom stereocenters. The lowest BCUT2D eigenvalue weighted by Gasteiger charge is -2.14. The topological polar surface area (TPSA) is 148 Å². The molecule has 0 aliphatic rings. The van der Waals surface area contributed by atoms with Gasteiger partial charge in [-0.2, -0.15) is 0 Å². The summed E-state index contributed by atoms with van der Waals surface area (Å²) in [7, 11) is -3.90. The molecule has 0 fully saturated rings. The van der Waals surface area contributed by atoms with Crippen LogP contribution in [0.15, 0.2) is 95.9 Å². The maximum Gasteiger partial charge on any atom is 0.255 e. The average Bonchev–Trinajstić information content (AvgIpc) is 2.85. The fraction of sp³-hybridized carbons (Fsp3) is 0.0370. The summed E-state index contributed by atoms with van der Waals surface area (Å²) in [5.41, 5.74) is 8.92. The van der Waals surface area contributed by atoms with Crippen LogP contribution in [0.5, 0.6) is 11.5 Å². The second-order valence-electron chi connectivity index (χ2n) is 8.12. The molecule has 9 heteroatoms. The molecule has 4 aromatic rings. The number of nitrogens with one attached hydrogen (secondary N) is 2. The number of amidine groups is 1. The number of nitrogen functional groups attached to an aromatic ring is 1. The number of amides is 1. The maximum absolute atomic E-state index is 13.0. The van der Waals surface area contributed by atoms with Crippen molar-refractivity contribution in [3.8, 4) is 22.6 Å². The highest BCUT2D eigenvalue weighted by molar-refractivity contribution is 7.89. The standard InChI is InChI=1S/C27H24N4O4S/c1-17-9-14-24(35-21-6-4-5-20(16-21)26(28)29)23(15-17)31-27(32)19-12-10-18(11-13-19)22-7-2-3-8-25(22)36(30,33)34/h2-16H,1H3,(H3,28,29)(H,31,32)(H2,30,33,34). The smallest absolute Gasteiger partial charge is 0.255 e. The minimum atomic E-state index is -3.90. The first kappa shape index (κ1) is 24.6. The quantitative estimate of drug-likeness (QED) is 0.215. The zero-order valence-corrected chi connectivity index (χ0v) is 20.2. The lowest BCUT2D eigenvalue weighted by atomic mass is 10.0. The predicted octanol–water partition coefficient (Wildman–Crippen LogP) is 4.64. The number of nitrogens with two attached hydrogens (primary N) is 2. The van der Waals surface area contributed by atoms with E-state index in [1.807, 2.05) is 13.0 Å². The van der Waals surface area contributed by atoms with Gasteiger partial charge < -0.3 is 15.8 Å². The van der Waals surface area contributed by atoms with Crippen molar-refractivity contribution in [1.82, 2.24) is 0 Å². The Morgan fingerprint density at radius 2 is 1.61 bits per heavy atom. The Labute approximate surface area is 209 Å². The highest BCUT2D eigenvalue weighted by atomic mass is 32.2. The fourth-order valence-electron chi connectivity index (χ4n) is 3.63. The van der Waals surface area contributed by atoms with Crippen molar-refractivity contribution in [2.45, 2.75) is 11.8 Å². The second-order valence-corrected chi connectivity index (χ2v) is 9.65. The molecule has 0 aliphatic heterocycles. The monoisotopic (exact) mass is 500 g/mol. The van der Waals surface area contributed by atoms with E-state index in [4.69, 9.17) is 21.0 Å². The summed E-state index contributed by atoms with van der Waals surface area (Å²) in [5.74, 6) is 0.454. The largest absolute Gasteiger partial charge is 0.455 e. The van der Waals surface area contributed by atoms with Gasteiger partial charge in [-0.15, -0.1) is 0 Å². The van der Waals surface area contributed by atoms with E-state index < -0.39 is 10.0 Å². The summed E-state index contributed by atoms with van der Waals surface area (Å²) in [5, 5.41) is 15.8. The zero-order chi connectivity index (χ0) is 25.9. The van der Waals surface area contributed by atoms with Gasteiger partial charge in [-0.1, -0.05) is 48.5 Å². The Morgan fingerprint density at radius 3 is 2.31 bits per heavy atom. The van der Waals surface area contributed by atoms with Crippen molar-refractivity contribution < 1.29 is 17.9 Å². The molecule has 6 N–H and O–H groups in total. The summed E-state index contributed by atoms with van der Waals surface area (Å²) in [6, 6.07) is 25.2. The van der Waals surface area contributed by atoms with E-state index in [1.165, 1.54) is 6.07 Å². The number of ether oxygens (including phenoxy) is 1. The van der Waals surface area contributed by atoms with Crippen molar-refractivity contribution >= 4 is 27.5 Å². The number of hydrogen-bond donors (Lipinski definition) is 4. The lowest BCUT2D eigenvalue weighted by molar-refractivity contribution is 0.102. The lowest BCUT2D eigenvalue weighted by Crippen LogP contribution is -2.14. The molecule has 0 spiro atoms. The Bertz CT molecular complexity index is 1570. The van der Waals surface area contributed by atoms with Crippen LogP contribution < -0.4 is 20.9 Å². The Kier molecular flexibility index (Phi) is 6.86. The minimum absolute atomic E-state index is 0.0117. The highest BCUT2D eigenvalue weighted by Crippen LogP contribution is 2.32. The van der Waals surface area contributed by atoms with Crippen LogP contribution in [-0.2, 0) is 10.0 Å². The highest BCUT2D eigenvalue weighted by Gasteiger charge is 2.16. The van der Waals surface area contributed by atoms with Crippen LogP contribution in [0.3, 0.4) is 0 Å². The van der Waals surface area contributed by atoms with E-state index in [0.29, 0.717) is 39.4 Å². The molecule has 0 aromatic heterocycles. The molecule has 0 heterocycles. The van der Waals surface area contributed by atoms with E-state index in [2.05, 4.69) is 5.32 Å². The number of carbonyl (C=O) groups excluding carboxylic acids is 1. The second kappa shape index (κ2) is 10.0. The summed E-state index contributed by atoms with van der Waals surface area (Å²) in [6.45, 7) is 1.90. The summed E-state index contributed by atoms with van der Waals surface area (Å²) >= 11 is 0. The molecule has 0 unspecified atom stereocenters. The number of sulfonamides is 1. The van der Waals surface area contributed by atoms with Crippen molar-refractivity contribution in [2.75, 3.05) is 5.32 Å². The minimum Gasteiger partial charge on any atom is -0.455 e. The number of anilines is 1. The normalized spacial score (nSPS) is 11.1. The first-order chi connectivity index (χ1) is 17.1. The van der Waals surface area contributed by atoms with Gasteiger partial charge in [0.15, 0.2) is 5.75 Å². The zero-order valence-electron chi connectivity index (χ0n) is 19.4. The summed E-state index contributed by atoms with van der Waals surface area (Å²) in [6.07, 6.45) is 0. The number of benzene rings is 4. The molecule has 0 saturated carbocycles. The van der Waals surface area contributed by atoms with Crippen LogP contribution in [0.1, 0.15) is 21.5 Å². The molecular formula is C27H24N4O4S. The van der Waals surface area contributed by atoms with Crippen molar-refractivity contribution in [2.24, 2.45) is 10.9 Å². The van der Waals surface area contributed by atoms with Crippen molar-refractivity contribution in [3.05, 3.63) is 108 Å². The van der Waals surface area contributed by atoms with Gasteiger partial charge in [-0.3, -0.25) is 10.2 Å². The number of carbonyl (C=O) groups is 1. The average molecular weight is 501 g/mol. The van der Waals surface area contributed by atoms with Crippen molar-refractivity contribution in [3.63, 3.8) is 0 Å². The van der Waals surface area contributed by atoms with Crippen LogP contribution in [0.4, 0.5) is 5.69 Å². The van der Waals surface area contributed by atoms with Gasteiger partial charge >= 0.3 is 0 Å². The van der Waals surface area contributed by atoms with Crippen LogP contribution in [0.2, 0.25) is 0 Å². The third-order valence-corrected chi connectivity index (χ3v) is 6.38. The summed E-state index contributed by atoms with van der Waals surface area (Å²) < 4.78 is 29.8. The molecule has 0 radical (unpaired) electrons. The van der Waals surface area contributed by atoms with E-state index in [1.54, 1.807) is 78.9 Å². The first-order valence-electron chi connectivity index (χ1n) is 10.9. The number of primary sulfonamides is 1. The molecule has 0 bridgehead atoms. The molecular weight excluding hydrogens is 476 g/mol. The number of aryl methyl sites for hydroxylation is 1. The molecule has 36 heavy (non-hydrogen) atoms. The predicted molar refractivity (Wildman–Crippen MR) is 140 cm³/mol. The Balaban J connectivity index is 1.58. The van der Waals surface area contributed by atoms with Gasteiger partial charge in [0.05, 0.1) is 10.6 Å². The third kappa shape index (κ3) is 5.60. The molecule has 0 saturated heterocycles. The van der Waals surface area contributed by atoms with Gasteiger partial charge in [0.1, 0.15) is 11.6 Å². The van der Waals surface area contributed by atoms with Gasteiger partial charge in [0.25, 0.3) is 5.91 Å². The van der Waals surface area contributed by atoms with Gasteiger partial charge in [-0.05, 0) is 60.5 Å². The fourth-order valence-corrected chi connectivity index (χ4v) is 4.39. The summed E-state index contributed by atoms with van der Waals surface area (Å²) in [4.78, 5) is 13.0. The molecule has 0 aliphatic carbocycles. The van der Waals surface area contributed by atoms with Gasteiger partial charge in [-0.25, -0.2) is 13.6 Å². The Morgan fingerprint density at radius 1 is 0.889 bits per heavy atom. The molecule has 4 aromatic carbocycles. The number of rotatable bonds is 7. The van der Waals surface area contributed by atoms with Crippen LogP contribution >= 0.6 is 0 Å². The van der Waals surface area contributed by atoms with E-state index in [-0.39, 0.29) is 16.6 Å². The van der Waals surface area contributed by atoms with Crippen LogP contribution in [0.25, 0.3) is 11.1 Å². The van der Waals surface area contributed by atoms with E-state index >= 15 is 0 Å². The molecule has 182 valence electrons. The Hall–Kier alpha value is -4.47. The maximum atomic E-state index is 13.0. The first-order valence-corrected chi connectivity index (χ1v) is 12.4. The molecule has 1 amide bonds. The van der Waals surface area contributed by atoms with Crippen LogP contribution in [-0.4, -0.2) is 20.2 Å². The third-order valence-electron chi connectivity index (χ3n) is 5.41. The molecule has 4 rings (SSSR count). The van der Waals surface area contributed by atoms with Gasteiger partial charge in [0, 0.05) is 16.7 Å². The van der Waals surface area contributed by atoms with Crippen molar-refractivity contribution in [1.29, 1.82) is 5.41 Å².